The maximum Gasteiger partial charge on any atom is 0.110 e. The third-order valence-corrected chi connectivity index (χ3v) is 2.66. The van der Waals surface area contributed by atoms with E-state index in [9.17, 15) is 0 Å². The zero-order chi connectivity index (χ0) is 10.1. The SMILES string of the molecule is Cc1ncc2cc(C(C)CN)ccn12. The van der Waals surface area contributed by atoms with Crippen molar-refractivity contribution in [1.29, 1.82) is 0 Å². The third-order valence-electron chi connectivity index (χ3n) is 2.66. The molecule has 0 radical (unpaired) electrons. The molecule has 0 saturated carbocycles. The fourth-order valence-corrected chi connectivity index (χ4v) is 1.59. The van der Waals surface area contributed by atoms with Crippen LogP contribution in [0.5, 0.6) is 0 Å². The molecule has 0 spiro atoms. The minimum absolute atomic E-state index is 0.412. The summed E-state index contributed by atoms with van der Waals surface area (Å²) in [4.78, 5) is 4.25. The Morgan fingerprint density at radius 2 is 2.36 bits per heavy atom. The van der Waals surface area contributed by atoms with Crippen molar-refractivity contribution in [3.8, 4) is 0 Å². The number of fused-ring (bicyclic) bond motifs is 1. The van der Waals surface area contributed by atoms with Crippen LogP contribution >= 0.6 is 0 Å². The van der Waals surface area contributed by atoms with Crippen LogP contribution in [0, 0.1) is 6.92 Å². The van der Waals surface area contributed by atoms with E-state index in [0.717, 1.165) is 11.3 Å². The number of imidazole rings is 1. The molecule has 0 fully saturated rings. The van der Waals surface area contributed by atoms with E-state index in [-0.39, 0.29) is 0 Å². The molecular weight excluding hydrogens is 174 g/mol. The number of hydrogen-bond acceptors (Lipinski definition) is 2. The summed E-state index contributed by atoms with van der Waals surface area (Å²) in [6.45, 7) is 4.82. The predicted molar refractivity (Wildman–Crippen MR) is 57.4 cm³/mol. The van der Waals surface area contributed by atoms with Gasteiger partial charge >= 0.3 is 0 Å². The third kappa shape index (κ3) is 1.40. The van der Waals surface area contributed by atoms with E-state index in [1.54, 1.807) is 0 Å². The molecule has 0 saturated heterocycles. The van der Waals surface area contributed by atoms with Gasteiger partial charge < -0.3 is 10.1 Å². The molecule has 14 heavy (non-hydrogen) atoms. The Morgan fingerprint density at radius 3 is 3.07 bits per heavy atom. The van der Waals surface area contributed by atoms with Crippen molar-refractivity contribution < 1.29 is 0 Å². The van der Waals surface area contributed by atoms with Gasteiger partial charge in [-0.3, -0.25) is 0 Å². The number of rotatable bonds is 2. The molecule has 3 heteroatoms. The van der Waals surface area contributed by atoms with Crippen LogP contribution in [0.15, 0.2) is 24.5 Å². The second kappa shape index (κ2) is 3.42. The molecule has 0 aromatic carbocycles. The average molecular weight is 189 g/mol. The van der Waals surface area contributed by atoms with Gasteiger partial charge in [0.05, 0.1) is 11.7 Å². The lowest BCUT2D eigenvalue weighted by Gasteiger charge is -2.08. The van der Waals surface area contributed by atoms with Gasteiger partial charge in [0.1, 0.15) is 5.82 Å². The molecule has 2 aromatic rings. The minimum atomic E-state index is 0.412. The Hall–Kier alpha value is -1.35. The van der Waals surface area contributed by atoms with Gasteiger partial charge in [-0.25, -0.2) is 4.98 Å². The van der Waals surface area contributed by atoms with Gasteiger partial charge in [0, 0.05) is 6.20 Å². The number of aryl methyl sites for hydroxylation is 1. The van der Waals surface area contributed by atoms with E-state index < -0.39 is 0 Å². The Bertz CT molecular complexity index is 445. The maximum atomic E-state index is 5.63. The molecule has 0 aliphatic carbocycles. The summed E-state index contributed by atoms with van der Waals surface area (Å²) >= 11 is 0. The average Bonchev–Trinajstić information content (AvgIpc) is 2.59. The first kappa shape index (κ1) is 9.21. The number of pyridine rings is 1. The zero-order valence-corrected chi connectivity index (χ0v) is 8.57. The molecule has 0 bridgehead atoms. The summed E-state index contributed by atoms with van der Waals surface area (Å²) in [5.74, 6) is 1.43. The van der Waals surface area contributed by atoms with E-state index in [2.05, 4.69) is 34.6 Å². The molecule has 1 atom stereocenters. The van der Waals surface area contributed by atoms with Crippen molar-refractivity contribution in [3.05, 3.63) is 35.9 Å². The monoisotopic (exact) mass is 189 g/mol. The predicted octanol–water partition coefficient (Wildman–Crippen LogP) is 1.70. The highest BCUT2D eigenvalue weighted by molar-refractivity contribution is 5.48. The molecule has 1 unspecified atom stereocenters. The normalized spacial score (nSPS) is 13.4. The molecule has 3 nitrogen and oxygen atoms in total. The first-order chi connectivity index (χ1) is 6.72. The highest BCUT2D eigenvalue weighted by atomic mass is 15.0. The molecule has 0 amide bonds. The van der Waals surface area contributed by atoms with Crippen LogP contribution in [0.4, 0.5) is 0 Å². The molecule has 74 valence electrons. The largest absolute Gasteiger partial charge is 0.330 e. The van der Waals surface area contributed by atoms with Gasteiger partial charge in [0.15, 0.2) is 0 Å². The van der Waals surface area contributed by atoms with Gasteiger partial charge in [0.25, 0.3) is 0 Å². The van der Waals surface area contributed by atoms with Crippen LogP contribution in [0.25, 0.3) is 5.52 Å². The van der Waals surface area contributed by atoms with Crippen molar-refractivity contribution in [1.82, 2.24) is 9.38 Å². The smallest absolute Gasteiger partial charge is 0.110 e. The number of nitrogens with two attached hydrogens (primary N) is 1. The first-order valence-electron chi connectivity index (χ1n) is 4.86. The number of aromatic nitrogens is 2. The Balaban J connectivity index is 2.52. The first-order valence-corrected chi connectivity index (χ1v) is 4.86. The van der Waals surface area contributed by atoms with Crippen molar-refractivity contribution >= 4 is 5.52 Å². The van der Waals surface area contributed by atoms with Crippen LogP contribution in [0.1, 0.15) is 24.2 Å². The van der Waals surface area contributed by atoms with Gasteiger partial charge in [-0.2, -0.15) is 0 Å². The molecule has 2 N–H and O–H groups in total. The minimum Gasteiger partial charge on any atom is -0.330 e. The summed E-state index contributed by atoms with van der Waals surface area (Å²) < 4.78 is 2.08. The van der Waals surface area contributed by atoms with Crippen LogP contribution < -0.4 is 5.73 Å². The Labute approximate surface area is 83.6 Å². The second-order valence-corrected chi connectivity index (χ2v) is 3.70. The molecule has 2 rings (SSSR count). The lowest BCUT2D eigenvalue weighted by molar-refractivity contribution is 0.772. The van der Waals surface area contributed by atoms with Gasteiger partial charge in [-0.1, -0.05) is 6.92 Å². The number of nitrogens with zero attached hydrogens (tertiary/aromatic N) is 2. The van der Waals surface area contributed by atoms with Crippen LogP contribution in [-0.4, -0.2) is 15.9 Å². The second-order valence-electron chi connectivity index (χ2n) is 3.70. The van der Waals surface area contributed by atoms with Crippen molar-refractivity contribution in [3.63, 3.8) is 0 Å². The fourth-order valence-electron chi connectivity index (χ4n) is 1.59. The van der Waals surface area contributed by atoms with Crippen LogP contribution in [-0.2, 0) is 0 Å². The van der Waals surface area contributed by atoms with E-state index in [1.807, 2.05) is 13.1 Å². The maximum absolute atomic E-state index is 5.63. The Morgan fingerprint density at radius 1 is 1.57 bits per heavy atom. The van der Waals surface area contributed by atoms with Gasteiger partial charge in [-0.05, 0) is 37.1 Å². The lowest BCUT2D eigenvalue weighted by Crippen LogP contribution is -2.09. The van der Waals surface area contributed by atoms with Gasteiger partial charge in [-0.15, -0.1) is 0 Å². The summed E-state index contributed by atoms with van der Waals surface area (Å²) in [5.41, 5.74) is 8.05. The van der Waals surface area contributed by atoms with Crippen LogP contribution in [0.2, 0.25) is 0 Å². The number of hydrogen-bond donors (Lipinski definition) is 1. The van der Waals surface area contributed by atoms with Crippen molar-refractivity contribution in [2.75, 3.05) is 6.54 Å². The fraction of sp³-hybridized carbons (Fsp3) is 0.364. The highest BCUT2D eigenvalue weighted by Crippen LogP contribution is 2.16. The summed E-state index contributed by atoms with van der Waals surface area (Å²) in [6.07, 6.45) is 3.95. The standard InChI is InChI=1S/C11H15N3/c1-8(6-12)10-3-4-14-9(2)13-7-11(14)5-10/h3-5,7-8H,6,12H2,1-2H3. The molecule has 2 heterocycles. The van der Waals surface area contributed by atoms with E-state index in [4.69, 9.17) is 5.73 Å². The van der Waals surface area contributed by atoms with Gasteiger partial charge in [0.2, 0.25) is 0 Å². The van der Waals surface area contributed by atoms with E-state index >= 15 is 0 Å². The lowest BCUT2D eigenvalue weighted by atomic mass is 10.0. The highest BCUT2D eigenvalue weighted by Gasteiger charge is 2.05. The van der Waals surface area contributed by atoms with E-state index in [1.165, 1.54) is 5.56 Å². The summed E-state index contributed by atoms with van der Waals surface area (Å²) in [6, 6.07) is 4.26. The van der Waals surface area contributed by atoms with Crippen molar-refractivity contribution in [2.24, 2.45) is 5.73 Å². The summed E-state index contributed by atoms with van der Waals surface area (Å²) in [5, 5.41) is 0. The topological polar surface area (TPSA) is 43.3 Å². The van der Waals surface area contributed by atoms with E-state index in [0.29, 0.717) is 12.5 Å². The van der Waals surface area contributed by atoms with Crippen molar-refractivity contribution in [2.45, 2.75) is 19.8 Å². The molecule has 0 aliphatic heterocycles. The quantitative estimate of drug-likeness (QED) is 0.781. The Kier molecular flexibility index (Phi) is 2.25. The molecule has 2 aromatic heterocycles. The summed E-state index contributed by atoms with van der Waals surface area (Å²) in [7, 11) is 0. The molecular formula is C11H15N3. The van der Waals surface area contributed by atoms with Crippen LogP contribution in [0.3, 0.4) is 0 Å². The zero-order valence-electron chi connectivity index (χ0n) is 8.57. The molecule has 0 aliphatic rings.